The molecule has 12 aliphatic rings. The molecule has 0 spiro atoms. The van der Waals surface area contributed by atoms with Crippen LogP contribution >= 0.6 is 58.8 Å². The summed E-state index contributed by atoms with van der Waals surface area (Å²) in [5.74, 6) is 4.35. The number of aliphatic hydroxyl groups is 1. The second kappa shape index (κ2) is 102. The molecule has 0 heterocycles. The van der Waals surface area contributed by atoms with Gasteiger partial charge in [-0.3, -0.25) is 0 Å². The molecule has 0 radical (unpaired) electrons. The quantitative estimate of drug-likeness (QED) is 0.0517. The normalized spacial score (nSPS) is 23.1. The number of thioether (sulfide) groups is 5. The molecule has 17 heteroatoms. The van der Waals surface area contributed by atoms with Crippen LogP contribution in [0.15, 0.2) is 0 Å². The summed E-state index contributed by atoms with van der Waals surface area (Å²) in [5.41, 5.74) is 0. The first kappa shape index (κ1) is 169. The Morgan fingerprint density at radius 3 is 0.656 bits per heavy atom. The molecule has 0 bridgehead atoms. The number of aliphatic hydroxyl groups excluding tert-OH is 1. The monoisotopic (exact) mass is 2110 g/mol. The van der Waals surface area contributed by atoms with Crippen molar-refractivity contribution in [2.75, 3.05) is 67.5 Å². The summed E-state index contributed by atoms with van der Waals surface area (Å²) in [7, 11) is 8.71. The van der Waals surface area contributed by atoms with Crippen LogP contribution in [0.4, 0.5) is 0 Å². The number of rotatable bonds is 21. The Labute approximate surface area is 880 Å². The third-order valence-electron chi connectivity index (χ3n) is 23.2. The zero-order chi connectivity index (χ0) is 79.3. The van der Waals surface area contributed by atoms with Gasteiger partial charge in [0.2, 0.25) is 0 Å². The maximum atomic E-state index is 10.7. The van der Waals surface area contributed by atoms with E-state index in [-0.39, 0.29) is 192 Å². The van der Waals surface area contributed by atoms with Gasteiger partial charge in [0, 0.05) is 94.6 Å². The second-order valence-corrected chi connectivity index (χ2v) is 50.9. The second-order valence-electron chi connectivity index (χ2n) is 40.6. The zero-order valence-electron chi connectivity index (χ0n) is 89.5. The topological polar surface area (TPSA) is 64.1 Å². The van der Waals surface area contributed by atoms with E-state index in [1.165, 1.54) is 354 Å². The fourth-order valence-corrected chi connectivity index (χ4v) is 26.0. The minimum Gasteiger partial charge on any atom is -0.396 e. The minimum atomic E-state index is 0. The number of unbranched alkanes of at least 4 members (excludes halogenated alkanes) is 3. The van der Waals surface area contributed by atoms with Gasteiger partial charge >= 0.3 is 102 Å². The average molecular weight is 2110 g/mol. The molecule has 12 aliphatic carbocycles. The third kappa shape index (κ3) is 99.4. The number of nitrogens with zero attached hydrogens (tertiary/aromatic N) is 3. The molecule has 768 valence electrons. The van der Waals surface area contributed by atoms with Crippen molar-refractivity contribution in [1.29, 1.82) is 0 Å². The molecule has 0 saturated heterocycles. The van der Waals surface area contributed by atoms with E-state index in [0.29, 0.717) is 52.7 Å². The average Bonchev–Trinajstić information content (AvgIpc) is 1.69. The van der Waals surface area contributed by atoms with E-state index in [1.54, 1.807) is 0 Å². The molecule has 10 unspecified atom stereocenters. The molecule has 0 aliphatic heterocycles. The van der Waals surface area contributed by atoms with Crippen LogP contribution in [0.1, 0.15) is 444 Å². The Morgan fingerprint density at radius 2 is 0.448 bits per heavy atom. The number of aldehydes is 2. The number of hydrogen-bond acceptors (Lipinski definition) is 11. The number of hydrogen-bond donors (Lipinski definition) is 1. The molecule has 0 aromatic heterocycles. The van der Waals surface area contributed by atoms with Crippen molar-refractivity contribution < 1.29 is 117 Å². The van der Waals surface area contributed by atoms with Gasteiger partial charge in [0.1, 0.15) is 12.6 Å². The van der Waals surface area contributed by atoms with Gasteiger partial charge < -0.3 is 119 Å². The standard InChI is InChI=1S/C26H51NOS2.C12H25NS.2C10H18OS.C8H17N.6C5H10.12CH3.6Fe/c1-25(2,3)29-23-15-11-13-21(23)19-27(17-9-7-8-10-18-28)20-22-14-12-16-24(22)30-26(4,5)6;1-12(2,3)14-11-8-6-7-10(11)9-13(4)5;2*1-10(2,3)12-9-6-4-5-8(9)7-11;1-9(2)7-8-5-3-4-6-8;6*1-2-4-5-3-1;;;;;;;;;;;;;;;;;;/h21-24,28H,7-20H2,1-6H3;10-11H,6-9H2,1-5H3;2*7-9H,4-6H2,1-3H3;8H,3-7H2,1-2H3;6*1-5H2;12*1H3;;;;;;/q;;;;;;;;;;;12*-1;6*+2. The van der Waals surface area contributed by atoms with Crippen LogP contribution in [0.5, 0.6) is 0 Å². The molecule has 125 heavy (non-hydrogen) atoms. The summed E-state index contributed by atoms with van der Waals surface area (Å²) in [4.78, 5) is 28.9. The molecule has 12 rings (SSSR count). The molecular formula is C108H225Fe6N3O3S5. The molecule has 12 fully saturated rings. The van der Waals surface area contributed by atoms with Gasteiger partial charge in [-0.25, -0.2) is 0 Å². The van der Waals surface area contributed by atoms with E-state index in [4.69, 9.17) is 5.11 Å². The van der Waals surface area contributed by atoms with E-state index in [9.17, 15) is 9.59 Å². The van der Waals surface area contributed by atoms with Crippen molar-refractivity contribution in [3.63, 3.8) is 0 Å². The Hall–Kier alpha value is 4.05. The van der Waals surface area contributed by atoms with Crippen LogP contribution in [0.3, 0.4) is 0 Å². The fourth-order valence-electron chi connectivity index (χ4n) is 18.1. The van der Waals surface area contributed by atoms with Crippen LogP contribution in [-0.2, 0) is 112 Å². The predicted octanol–water partition coefficient (Wildman–Crippen LogP) is 35.1. The van der Waals surface area contributed by atoms with Gasteiger partial charge in [-0.2, -0.15) is 58.8 Å². The predicted molar refractivity (Wildman–Crippen MR) is 571 cm³/mol. The van der Waals surface area contributed by atoms with Gasteiger partial charge in [-0.1, -0.05) is 354 Å². The van der Waals surface area contributed by atoms with E-state index in [1.807, 2.05) is 23.5 Å². The molecule has 12 saturated carbocycles. The molecular weight excluding hydrogens is 1880 g/mol. The maximum Gasteiger partial charge on any atom is 2.00 e. The van der Waals surface area contributed by atoms with Crippen LogP contribution < -0.4 is 0 Å². The van der Waals surface area contributed by atoms with Gasteiger partial charge in [0.15, 0.2) is 0 Å². The van der Waals surface area contributed by atoms with Crippen molar-refractivity contribution in [2.24, 2.45) is 35.5 Å². The summed E-state index contributed by atoms with van der Waals surface area (Å²) in [6.07, 6.45) is 77.9. The molecule has 10 atom stereocenters. The summed E-state index contributed by atoms with van der Waals surface area (Å²) in [6, 6.07) is 0. The fraction of sp³-hybridized carbons (Fsp3) is 0.870. The first-order chi connectivity index (χ1) is 50.8. The van der Waals surface area contributed by atoms with Gasteiger partial charge in [0.05, 0.1) is 0 Å². The van der Waals surface area contributed by atoms with Crippen LogP contribution in [0.2, 0.25) is 0 Å². The van der Waals surface area contributed by atoms with Crippen molar-refractivity contribution in [3.8, 4) is 0 Å². The molecule has 0 amide bonds. The van der Waals surface area contributed by atoms with Gasteiger partial charge in [-0.15, -0.1) is 0 Å². The molecule has 1 N–H and O–H groups in total. The van der Waals surface area contributed by atoms with Crippen molar-refractivity contribution in [3.05, 3.63) is 89.1 Å². The minimum absolute atomic E-state index is 0. The first-order valence-electron chi connectivity index (χ1n) is 46.7. The summed E-state index contributed by atoms with van der Waals surface area (Å²) in [5, 5.41) is 12.9. The zero-order valence-corrected chi connectivity index (χ0v) is 100. The Morgan fingerprint density at radius 1 is 0.248 bits per heavy atom. The largest absolute Gasteiger partial charge is 2.00 e. The van der Waals surface area contributed by atoms with E-state index in [0.717, 1.165) is 71.3 Å². The Kier molecular flexibility index (Phi) is 138. The summed E-state index contributed by atoms with van der Waals surface area (Å²) in [6.45, 7) is 41.5. The molecule has 6 nitrogen and oxygen atoms in total. The third-order valence-corrected chi connectivity index (χ3v) is 31.3. The smallest absolute Gasteiger partial charge is 0.396 e. The SMILES string of the molecule is C1CCCC1.C1CCCC1.C1CCCC1.C1CCCC1.C1CCCC1.C1CCCC1.CC(C)(C)SC1CCCC1C=O.CC(C)(C)SC1CCCC1C=O.CC(C)(C)SC1CCCC1CN(CCCCCCO)CC1CCCC1SC(C)(C)C.CN(C)CC1CCCC1.CN(C)CC1CCCC1SC(C)(C)C.[CH3-].[CH3-].[CH3-].[CH3-].[CH3-].[CH3-].[CH3-].[CH3-].[CH3-].[CH3-].[CH3-].[CH3-].[Fe+2].[Fe+2].[Fe+2].[Fe+2].[Fe+2].[Fe+2]. The Balaban J connectivity index is -0.0000000715. The van der Waals surface area contributed by atoms with Crippen molar-refractivity contribution in [2.45, 2.75) is 494 Å². The van der Waals surface area contributed by atoms with E-state index in [2.05, 4.69) is 182 Å². The number of carbonyl (C=O) groups excluding carboxylic acids is 2. The molecule has 0 aromatic rings. The van der Waals surface area contributed by atoms with Crippen molar-refractivity contribution in [1.82, 2.24) is 14.7 Å². The van der Waals surface area contributed by atoms with Gasteiger partial charge in [-0.05, 0) is 148 Å². The summed E-state index contributed by atoms with van der Waals surface area (Å²) < 4.78 is 1.79. The van der Waals surface area contributed by atoms with Crippen LogP contribution in [0.25, 0.3) is 0 Å². The molecule has 0 aromatic carbocycles. The summed E-state index contributed by atoms with van der Waals surface area (Å²) >= 11 is 10.6. The van der Waals surface area contributed by atoms with E-state index < -0.39 is 0 Å². The van der Waals surface area contributed by atoms with Crippen molar-refractivity contribution >= 4 is 71.4 Å². The first-order valence-corrected chi connectivity index (χ1v) is 51.1. The number of carbonyl (C=O) groups is 2. The van der Waals surface area contributed by atoms with Crippen LogP contribution in [-0.4, -0.2) is 150 Å². The van der Waals surface area contributed by atoms with E-state index >= 15 is 0 Å². The Bertz CT molecular complexity index is 1850. The van der Waals surface area contributed by atoms with Crippen LogP contribution in [0, 0.1) is 125 Å². The maximum absolute atomic E-state index is 10.7. The van der Waals surface area contributed by atoms with Gasteiger partial charge in [0.25, 0.3) is 0 Å².